The van der Waals surface area contributed by atoms with Crippen LogP contribution in [0.15, 0.2) is 30.3 Å². The second-order valence-electron chi connectivity index (χ2n) is 3.08. The van der Waals surface area contributed by atoms with E-state index in [-0.39, 0.29) is 12.6 Å². The lowest BCUT2D eigenvalue weighted by Crippen LogP contribution is -2.42. The maximum Gasteiger partial charge on any atom is 0.312 e. The minimum Gasteiger partial charge on any atom is -0.394 e. The van der Waals surface area contributed by atoms with Crippen molar-refractivity contribution in [3.05, 3.63) is 35.9 Å². The molecule has 0 aliphatic carbocycles. The standard InChI is InChI=1S/C10H14N2O2/c11-10(14)12-9(7-13)6-8-4-2-1-3-5-8/h1-5,9,13H,6-7H2,(H3,11,12,14). The van der Waals surface area contributed by atoms with Crippen LogP contribution in [-0.4, -0.2) is 23.8 Å². The zero-order valence-electron chi connectivity index (χ0n) is 7.81. The van der Waals surface area contributed by atoms with Crippen molar-refractivity contribution < 1.29 is 9.90 Å². The van der Waals surface area contributed by atoms with Gasteiger partial charge >= 0.3 is 6.03 Å². The van der Waals surface area contributed by atoms with Gasteiger partial charge in [-0.25, -0.2) is 4.79 Å². The molecular formula is C10H14N2O2. The fraction of sp³-hybridized carbons (Fsp3) is 0.300. The lowest BCUT2D eigenvalue weighted by Gasteiger charge is -2.14. The largest absolute Gasteiger partial charge is 0.394 e. The summed E-state index contributed by atoms with van der Waals surface area (Å²) >= 11 is 0. The number of carbonyl (C=O) groups is 1. The summed E-state index contributed by atoms with van der Waals surface area (Å²) in [5, 5.41) is 11.4. The van der Waals surface area contributed by atoms with Crippen LogP contribution in [0.5, 0.6) is 0 Å². The van der Waals surface area contributed by atoms with E-state index in [0.717, 1.165) is 5.56 Å². The van der Waals surface area contributed by atoms with Gasteiger partial charge < -0.3 is 16.2 Å². The molecule has 1 unspecified atom stereocenters. The van der Waals surface area contributed by atoms with E-state index in [0.29, 0.717) is 6.42 Å². The quantitative estimate of drug-likeness (QED) is 0.643. The zero-order valence-corrected chi connectivity index (χ0v) is 7.81. The molecule has 76 valence electrons. The molecule has 1 rings (SSSR count). The normalized spacial score (nSPS) is 12.1. The number of nitrogens with one attached hydrogen (secondary N) is 1. The first kappa shape index (κ1) is 10.5. The van der Waals surface area contributed by atoms with E-state index >= 15 is 0 Å². The number of aliphatic hydroxyl groups excluding tert-OH is 1. The predicted molar refractivity (Wildman–Crippen MR) is 53.7 cm³/mol. The van der Waals surface area contributed by atoms with E-state index in [9.17, 15) is 4.79 Å². The van der Waals surface area contributed by atoms with Gasteiger partial charge in [-0.3, -0.25) is 0 Å². The first-order valence-corrected chi connectivity index (χ1v) is 4.43. The van der Waals surface area contributed by atoms with Gasteiger partial charge in [-0.1, -0.05) is 30.3 Å². The Morgan fingerprint density at radius 3 is 2.57 bits per heavy atom. The van der Waals surface area contributed by atoms with E-state index in [1.165, 1.54) is 0 Å². The van der Waals surface area contributed by atoms with E-state index in [4.69, 9.17) is 10.8 Å². The number of rotatable bonds is 4. The molecule has 0 aliphatic heterocycles. The molecule has 14 heavy (non-hydrogen) atoms. The van der Waals surface area contributed by atoms with Crippen LogP contribution in [0.25, 0.3) is 0 Å². The van der Waals surface area contributed by atoms with Crippen LogP contribution in [0, 0.1) is 0 Å². The number of carbonyl (C=O) groups excluding carboxylic acids is 1. The van der Waals surface area contributed by atoms with Gasteiger partial charge in [0.1, 0.15) is 0 Å². The van der Waals surface area contributed by atoms with Crippen LogP contribution < -0.4 is 11.1 Å². The number of hydrogen-bond donors (Lipinski definition) is 3. The zero-order chi connectivity index (χ0) is 10.4. The summed E-state index contributed by atoms with van der Waals surface area (Å²) in [5.41, 5.74) is 6.02. The number of nitrogens with two attached hydrogens (primary N) is 1. The molecule has 0 bridgehead atoms. The molecular weight excluding hydrogens is 180 g/mol. The molecule has 0 saturated heterocycles. The van der Waals surface area contributed by atoms with Crippen molar-refractivity contribution in [2.24, 2.45) is 5.73 Å². The van der Waals surface area contributed by atoms with Crippen molar-refractivity contribution in [2.45, 2.75) is 12.5 Å². The minimum atomic E-state index is -0.611. The van der Waals surface area contributed by atoms with Gasteiger partial charge in [-0.15, -0.1) is 0 Å². The molecule has 2 amide bonds. The Bertz CT molecular complexity index is 287. The summed E-state index contributed by atoms with van der Waals surface area (Å²) in [5.74, 6) is 0. The van der Waals surface area contributed by atoms with Crippen LogP contribution in [-0.2, 0) is 6.42 Å². The fourth-order valence-corrected chi connectivity index (χ4v) is 1.26. The molecule has 4 heteroatoms. The number of aliphatic hydroxyl groups is 1. The van der Waals surface area contributed by atoms with Crippen molar-refractivity contribution in [1.29, 1.82) is 0 Å². The molecule has 0 aromatic heterocycles. The molecule has 4 nitrogen and oxygen atoms in total. The Morgan fingerprint density at radius 1 is 1.43 bits per heavy atom. The van der Waals surface area contributed by atoms with E-state index in [2.05, 4.69) is 5.32 Å². The maximum absolute atomic E-state index is 10.6. The highest BCUT2D eigenvalue weighted by molar-refractivity contribution is 5.72. The lowest BCUT2D eigenvalue weighted by atomic mass is 10.1. The Balaban J connectivity index is 2.53. The van der Waals surface area contributed by atoms with Crippen molar-refractivity contribution in [2.75, 3.05) is 6.61 Å². The molecule has 1 aromatic carbocycles. The molecule has 0 saturated carbocycles. The van der Waals surface area contributed by atoms with Gasteiger partial charge in [0.25, 0.3) is 0 Å². The van der Waals surface area contributed by atoms with Crippen LogP contribution in [0.2, 0.25) is 0 Å². The van der Waals surface area contributed by atoms with E-state index in [1.807, 2.05) is 30.3 Å². The Morgan fingerprint density at radius 2 is 2.07 bits per heavy atom. The number of hydrogen-bond acceptors (Lipinski definition) is 2. The van der Waals surface area contributed by atoms with Gasteiger partial charge in [0.2, 0.25) is 0 Å². The topological polar surface area (TPSA) is 75.4 Å². The average Bonchev–Trinajstić information content (AvgIpc) is 2.17. The number of urea groups is 1. The monoisotopic (exact) mass is 194 g/mol. The number of primary amides is 1. The summed E-state index contributed by atoms with van der Waals surface area (Å²) in [7, 11) is 0. The molecule has 1 atom stereocenters. The van der Waals surface area contributed by atoms with Crippen LogP contribution >= 0.6 is 0 Å². The van der Waals surface area contributed by atoms with Crippen molar-refractivity contribution >= 4 is 6.03 Å². The molecule has 0 aliphatic rings. The highest BCUT2D eigenvalue weighted by Crippen LogP contribution is 2.02. The fourth-order valence-electron chi connectivity index (χ4n) is 1.26. The van der Waals surface area contributed by atoms with Crippen LogP contribution in [0.3, 0.4) is 0 Å². The summed E-state index contributed by atoms with van der Waals surface area (Å²) in [6, 6.07) is 8.69. The molecule has 0 radical (unpaired) electrons. The predicted octanol–water partition coefficient (Wildman–Crippen LogP) is 0.258. The summed E-state index contributed by atoms with van der Waals surface area (Å²) in [6.45, 7) is -0.113. The molecule has 0 heterocycles. The van der Waals surface area contributed by atoms with Crippen LogP contribution in [0.4, 0.5) is 4.79 Å². The van der Waals surface area contributed by atoms with Gasteiger partial charge in [-0.2, -0.15) is 0 Å². The SMILES string of the molecule is NC(=O)NC(CO)Cc1ccccc1. The lowest BCUT2D eigenvalue weighted by molar-refractivity contribution is 0.222. The number of benzene rings is 1. The maximum atomic E-state index is 10.6. The number of amides is 2. The van der Waals surface area contributed by atoms with Gasteiger partial charge in [0.05, 0.1) is 12.6 Å². The summed E-state index contributed by atoms with van der Waals surface area (Å²) < 4.78 is 0. The smallest absolute Gasteiger partial charge is 0.312 e. The Hall–Kier alpha value is -1.55. The van der Waals surface area contributed by atoms with Crippen molar-refractivity contribution in [3.8, 4) is 0 Å². The average molecular weight is 194 g/mol. The molecule has 1 aromatic rings. The van der Waals surface area contributed by atoms with Gasteiger partial charge in [0.15, 0.2) is 0 Å². The van der Waals surface area contributed by atoms with Crippen molar-refractivity contribution in [1.82, 2.24) is 5.32 Å². The molecule has 0 fully saturated rings. The second-order valence-corrected chi connectivity index (χ2v) is 3.08. The van der Waals surface area contributed by atoms with E-state index in [1.54, 1.807) is 0 Å². The highest BCUT2D eigenvalue weighted by atomic mass is 16.3. The third-order valence-electron chi connectivity index (χ3n) is 1.89. The first-order valence-electron chi connectivity index (χ1n) is 4.43. The first-order chi connectivity index (χ1) is 6.72. The van der Waals surface area contributed by atoms with Crippen molar-refractivity contribution in [3.63, 3.8) is 0 Å². The van der Waals surface area contributed by atoms with Gasteiger partial charge in [0, 0.05) is 0 Å². The second kappa shape index (κ2) is 5.24. The summed E-state index contributed by atoms with van der Waals surface area (Å²) in [4.78, 5) is 10.6. The summed E-state index contributed by atoms with van der Waals surface area (Å²) in [6.07, 6.45) is 0.584. The minimum absolute atomic E-state index is 0.113. The molecule has 4 N–H and O–H groups in total. The third kappa shape index (κ3) is 3.45. The van der Waals surface area contributed by atoms with Crippen LogP contribution in [0.1, 0.15) is 5.56 Å². The Labute approximate surface area is 82.7 Å². The highest BCUT2D eigenvalue weighted by Gasteiger charge is 2.09. The van der Waals surface area contributed by atoms with Gasteiger partial charge in [-0.05, 0) is 12.0 Å². The Kier molecular flexibility index (Phi) is 3.94. The molecule has 0 spiro atoms. The van der Waals surface area contributed by atoms with E-state index < -0.39 is 6.03 Å². The third-order valence-corrected chi connectivity index (χ3v) is 1.89.